The molecule has 0 radical (unpaired) electrons. The number of amides is 1. The van der Waals surface area contributed by atoms with E-state index >= 15 is 0 Å². The third-order valence-electron chi connectivity index (χ3n) is 2.93. The second kappa shape index (κ2) is 7.19. The number of aryl methyl sites for hydroxylation is 2. The van der Waals surface area contributed by atoms with Gasteiger partial charge in [0.15, 0.2) is 8.29 Å². The number of nitrogens with zero attached hydrogens (tertiary/aromatic N) is 2. The predicted octanol–water partition coefficient (Wildman–Crippen LogP) is 2.82. The van der Waals surface area contributed by atoms with E-state index in [0.29, 0.717) is 16.3 Å². The molecule has 0 bridgehead atoms. The van der Waals surface area contributed by atoms with Crippen LogP contribution in [0.2, 0.25) is 0 Å². The zero-order chi connectivity index (χ0) is 15.4. The van der Waals surface area contributed by atoms with Gasteiger partial charge in [0, 0.05) is 18.0 Å². The van der Waals surface area contributed by atoms with Gasteiger partial charge in [0.1, 0.15) is 5.76 Å². The Balaban J connectivity index is 1.80. The third kappa shape index (κ3) is 4.39. The maximum absolute atomic E-state index is 11.8. The quantitative estimate of drug-likeness (QED) is 0.619. The van der Waals surface area contributed by atoms with Crippen LogP contribution in [0.4, 0.5) is 0 Å². The fraction of sp³-hybridized carbons (Fsp3) is 0.500. The minimum Gasteiger partial charge on any atom is -0.361 e. The topological polar surface area (TPSA) is 83.8 Å². The van der Waals surface area contributed by atoms with Gasteiger partial charge in [-0.3, -0.25) is 9.89 Å². The van der Waals surface area contributed by atoms with Gasteiger partial charge in [0.2, 0.25) is 5.91 Å². The summed E-state index contributed by atoms with van der Waals surface area (Å²) in [5.74, 6) is 1.27. The summed E-state index contributed by atoms with van der Waals surface area (Å²) < 4.78 is 6.53. The molecule has 0 saturated heterocycles. The van der Waals surface area contributed by atoms with E-state index in [0.717, 1.165) is 21.4 Å². The molecule has 9 heteroatoms. The number of rotatable bonds is 6. The fourth-order valence-corrected chi connectivity index (χ4v) is 3.93. The molecule has 1 atom stereocenters. The highest BCUT2D eigenvalue weighted by atomic mass is 32.2. The Kier molecular flexibility index (Phi) is 5.54. The van der Waals surface area contributed by atoms with E-state index in [1.807, 2.05) is 20.8 Å². The Morgan fingerprint density at radius 2 is 2.33 bits per heavy atom. The lowest BCUT2D eigenvalue weighted by Crippen LogP contribution is -2.29. The van der Waals surface area contributed by atoms with Crippen molar-refractivity contribution in [2.24, 2.45) is 0 Å². The first kappa shape index (κ1) is 16.2. The fourth-order valence-electron chi connectivity index (χ4n) is 2.02. The van der Waals surface area contributed by atoms with Crippen LogP contribution < -0.4 is 5.32 Å². The molecule has 0 aromatic carbocycles. The van der Waals surface area contributed by atoms with Crippen LogP contribution in [0.3, 0.4) is 0 Å². The van der Waals surface area contributed by atoms with Crippen molar-refractivity contribution < 1.29 is 9.32 Å². The molecule has 2 N–H and O–H groups in total. The van der Waals surface area contributed by atoms with Crippen molar-refractivity contribution in [1.29, 1.82) is 0 Å². The van der Waals surface area contributed by atoms with Crippen molar-refractivity contribution in [2.75, 3.05) is 12.3 Å². The van der Waals surface area contributed by atoms with E-state index in [4.69, 9.17) is 16.7 Å². The second-order valence-electron chi connectivity index (χ2n) is 4.61. The molecule has 1 amide bonds. The lowest BCUT2D eigenvalue weighted by atomic mass is 10.00. The number of hydrogen-bond acceptors (Lipinski definition) is 7. The average Bonchev–Trinajstić information content (AvgIpc) is 3.00. The van der Waals surface area contributed by atoms with Gasteiger partial charge in [0.05, 0.1) is 11.4 Å². The monoisotopic (exact) mass is 344 g/mol. The molecule has 6 nitrogen and oxygen atoms in total. The van der Waals surface area contributed by atoms with Crippen LogP contribution in [0.15, 0.2) is 8.86 Å². The molecule has 0 aliphatic carbocycles. The second-order valence-corrected chi connectivity index (χ2v) is 7.50. The summed E-state index contributed by atoms with van der Waals surface area (Å²) in [4.78, 5) is 11.8. The standard InChI is InChI=1S/C12H16N4O2S3/c1-6(10-7(2)16-18-8(10)3)4-13-9(17)5-20-12-15-14-11(19)21-12/h6H,4-5H2,1-3H3,(H,13,17)(H,14,19). The summed E-state index contributed by atoms with van der Waals surface area (Å²) in [5.41, 5.74) is 1.94. The highest BCUT2D eigenvalue weighted by molar-refractivity contribution is 8.01. The van der Waals surface area contributed by atoms with Crippen LogP contribution in [-0.2, 0) is 4.79 Å². The molecule has 0 saturated carbocycles. The number of carbonyl (C=O) groups is 1. The number of nitrogens with one attached hydrogen (secondary N) is 2. The minimum absolute atomic E-state index is 0.0280. The predicted molar refractivity (Wildman–Crippen MR) is 85.4 cm³/mol. The molecule has 114 valence electrons. The van der Waals surface area contributed by atoms with Gasteiger partial charge in [-0.05, 0) is 26.1 Å². The van der Waals surface area contributed by atoms with Crippen molar-refractivity contribution >= 4 is 41.2 Å². The van der Waals surface area contributed by atoms with Gasteiger partial charge in [-0.15, -0.1) is 0 Å². The Labute approximate surface area is 135 Å². The summed E-state index contributed by atoms with van der Waals surface area (Å²) in [6.45, 7) is 6.39. The van der Waals surface area contributed by atoms with E-state index in [1.165, 1.54) is 23.1 Å². The molecule has 2 rings (SSSR count). The maximum atomic E-state index is 11.8. The third-order valence-corrected chi connectivity index (χ3v) is 5.16. The summed E-state index contributed by atoms with van der Waals surface area (Å²) in [7, 11) is 0. The Morgan fingerprint density at radius 3 is 2.90 bits per heavy atom. The molecule has 0 aliphatic heterocycles. The minimum atomic E-state index is -0.0280. The SMILES string of the molecule is Cc1noc(C)c1C(C)CNC(=O)CSc1n[nH]c(=S)s1. The van der Waals surface area contributed by atoms with Crippen LogP contribution in [0.5, 0.6) is 0 Å². The van der Waals surface area contributed by atoms with E-state index < -0.39 is 0 Å². The van der Waals surface area contributed by atoms with Gasteiger partial charge in [-0.2, -0.15) is 5.10 Å². The van der Waals surface area contributed by atoms with Crippen LogP contribution in [0, 0.1) is 17.8 Å². The Bertz CT molecular complexity index is 657. The number of aromatic amines is 1. The number of thioether (sulfide) groups is 1. The zero-order valence-corrected chi connectivity index (χ0v) is 14.4. The number of hydrogen-bond donors (Lipinski definition) is 2. The molecule has 0 aliphatic rings. The van der Waals surface area contributed by atoms with Crippen molar-refractivity contribution in [3.63, 3.8) is 0 Å². The summed E-state index contributed by atoms with van der Waals surface area (Å²) in [6, 6.07) is 0. The summed E-state index contributed by atoms with van der Waals surface area (Å²) in [5, 5.41) is 13.5. The first-order valence-corrected chi connectivity index (χ1v) is 8.56. The normalized spacial score (nSPS) is 12.3. The van der Waals surface area contributed by atoms with E-state index in [9.17, 15) is 4.79 Å². The highest BCUT2D eigenvalue weighted by Gasteiger charge is 2.17. The van der Waals surface area contributed by atoms with Crippen molar-refractivity contribution in [1.82, 2.24) is 20.7 Å². The largest absolute Gasteiger partial charge is 0.361 e. The summed E-state index contributed by atoms with van der Waals surface area (Å²) in [6.07, 6.45) is 0. The molecular weight excluding hydrogens is 328 g/mol. The maximum Gasteiger partial charge on any atom is 0.230 e. The lowest BCUT2D eigenvalue weighted by Gasteiger charge is -2.12. The Morgan fingerprint density at radius 1 is 1.57 bits per heavy atom. The molecule has 0 spiro atoms. The first-order chi connectivity index (χ1) is 9.97. The molecule has 2 aromatic rings. The van der Waals surface area contributed by atoms with Gasteiger partial charge in [-0.25, -0.2) is 0 Å². The zero-order valence-electron chi connectivity index (χ0n) is 11.9. The molecule has 21 heavy (non-hydrogen) atoms. The van der Waals surface area contributed by atoms with E-state index in [2.05, 4.69) is 20.7 Å². The van der Waals surface area contributed by atoms with Crippen molar-refractivity contribution in [3.8, 4) is 0 Å². The van der Waals surface area contributed by atoms with Crippen LogP contribution in [0.1, 0.15) is 29.9 Å². The number of carbonyl (C=O) groups excluding carboxylic acids is 1. The average molecular weight is 344 g/mol. The smallest absolute Gasteiger partial charge is 0.230 e. The van der Waals surface area contributed by atoms with Gasteiger partial charge in [0.25, 0.3) is 0 Å². The number of H-pyrrole nitrogens is 1. The molecule has 1 unspecified atom stereocenters. The lowest BCUT2D eigenvalue weighted by molar-refractivity contribution is -0.118. The molecular formula is C12H16N4O2S3. The highest BCUT2D eigenvalue weighted by Crippen LogP contribution is 2.23. The van der Waals surface area contributed by atoms with Crippen molar-refractivity contribution in [3.05, 3.63) is 21.0 Å². The van der Waals surface area contributed by atoms with Gasteiger partial charge >= 0.3 is 0 Å². The Hall–Kier alpha value is -1.19. The van der Waals surface area contributed by atoms with Crippen LogP contribution >= 0.6 is 35.3 Å². The van der Waals surface area contributed by atoms with E-state index in [1.54, 1.807) is 0 Å². The summed E-state index contributed by atoms with van der Waals surface area (Å²) >= 11 is 7.68. The van der Waals surface area contributed by atoms with E-state index in [-0.39, 0.29) is 11.8 Å². The molecule has 2 aromatic heterocycles. The number of aromatic nitrogens is 3. The molecule has 2 heterocycles. The first-order valence-electron chi connectivity index (χ1n) is 6.35. The van der Waals surface area contributed by atoms with Gasteiger partial charge < -0.3 is 9.84 Å². The van der Waals surface area contributed by atoms with Crippen molar-refractivity contribution in [2.45, 2.75) is 31.0 Å². The van der Waals surface area contributed by atoms with Crippen LogP contribution in [-0.4, -0.2) is 33.6 Å². The molecule has 0 fully saturated rings. The van der Waals surface area contributed by atoms with Crippen LogP contribution in [0.25, 0.3) is 0 Å². The van der Waals surface area contributed by atoms with Gasteiger partial charge in [-0.1, -0.05) is 35.2 Å².